The van der Waals surface area contributed by atoms with Crippen LogP contribution in [0.1, 0.15) is 37.8 Å². The number of hydrogen-bond donors (Lipinski definition) is 2. The van der Waals surface area contributed by atoms with Crippen LogP contribution in [0.25, 0.3) is 0 Å². The maximum atomic E-state index is 11.6. The third kappa shape index (κ3) is 8.29. The van der Waals surface area contributed by atoms with Crippen molar-refractivity contribution in [2.45, 2.75) is 46.3 Å². The van der Waals surface area contributed by atoms with Crippen LogP contribution in [-0.2, 0) is 16.6 Å². The highest BCUT2D eigenvalue weighted by atomic mass is 127. The van der Waals surface area contributed by atoms with Gasteiger partial charge in [0.05, 0.1) is 12.4 Å². The van der Waals surface area contributed by atoms with Crippen molar-refractivity contribution in [3.8, 4) is 5.75 Å². The van der Waals surface area contributed by atoms with Crippen molar-refractivity contribution in [3.63, 3.8) is 0 Å². The van der Waals surface area contributed by atoms with Gasteiger partial charge in [0.2, 0.25) is 10.0 Å². The summed E-state index contributed by atoms with van der Waals surface area (Å²) in [7, 11) is -1.37. The van der Waals surface area contributed by atoms with E-state index >= 15 is 0 Å². The first-order chi connectivity index (χ1) is 13.2. The molecule has 2 rings (SSSR count). The van der Waals surface area contributed by atoms with Crippen LogP contribution in [0.4, 0.5) is 0 Å². The van der Waals surface area contributed by atoms with Crippen molar-refractivity contribution in [1.29, 1.82) is 0 Å². The number of rotatable bonds is 8. The van der Waals surface area contributed by atoms with E-state index < -0.39 is 10.0 Å². The Balaban J connectivity index is 0.00000420. The standard InChI is InChI=1S/C20H34N4O3S.HI/c1-6-16(3)27-19-11-15(2)7-8-18(19)13-23-20(21-4)22-12-17-9-10-24(14-17)28(5,25)26;/h7-8,11,16-17H,6,9-10,12-14H2,1-5H3,(H2,21,22,23);1H. The molecule has 166 valence electrons. The fourth-order valence-electron chi connectivity index (χ4n) is 3.12. The van der Waals surface area contributed by atoms with Crippen molar-refractivity contribution in [2.75, 3.05) is 32.9 Å². The van der Waals surface area contributed by atoms with Gasteiger partial charge in [0.15, 0.2) is 5.96 Å². The Morgan fingerprint density at radius 1 is 1.38 bits per heavy atom. The molecule has 0 saturated carbocycles. The molecule has 0 spiro atoms. The number of hydrogen-bond acceptors (Lipinski definition) is 4. The first kappa shape index (κ1) is 26.0. The topological polar surface area (TPSA) is 83.0 Å². The second-order valence-electron chi connectivity index (χ2n) is 7.53. The van der Waals surface area contributed by atoms with Gasteiger partial charge in [-0.25, -0.2) is 12.7 Å². The number of aryl methyl sites for hydroxylation is 1. The molecule has 1 aromatic rings. The highest BCUT2D eigenvalue weighted by Crippen LogP contribution is 2.22. The van der Waals surface area contributed by atoms with Crippen LogP contribution in [-0.4, -0.2) is 57.7 Å². The van der Waals surface area contributed by atoms with Crippen LogP contribution in [0.2, 0.25) is 0 Å². The van der Waals surface area contributed by atoms with Gasteiger partial charge in [-0.05, 0) is 44.2 Å². The Hall–Kier alpha value is -1.07. The van der Waals surface area contributed by atoms with Crippen molar-refractivity contribution in [3.05, 3.63) is 29.3 Å². The maximum absolute atomic E-state index is 11.6. The summed E-state index contributed by atoms with van der Waals surface area (Å²) in [4.78, 5) is 4.28. The number of halogens is 1. The largest absolute Gasteiger partial charge is 0.490 e. The Labute approximate surface area is 192 Å². The Morgan fingerprint density at radius 2 is 2.10 bits per heavy atom. The molecule has 0 bridgehead atoms. The Kier molecular flexibility index (Phi) is 10.7. The number of ether oxygens (including phenoxy) is 1. The summed E-state index contributed by atoms with van der Waals surface area (Å²) >= 11 is 0. The number of guanidine groups is 1. The average molecular weight is 538 g/mol. The number of sulfonamides is 1. The number of nitrogens with zero attached hydrogens (tertiary/aromatic N) is 2. The van der Waals surface area contributed by atoms with Crippen LogP contribution in [0.3, 0.4) is 0 Å². The van der Waals surface area contributed by atoms with E-state index in [1.165, 1.54) is 11.8 Å². The van der Waals surface area contributed by atoms with Crippen LogP contribution in [0.5, 0.6) is 5.75 Å². The van der Waals surface area contributed by atoms with Crippen molar-refractivity contribution in [1.82, 2.24) is 14.9 Å². The first-order valence-electron chi connectivity index (χ1n) is 9.88. The highest BCUT2D eigenvalue weighted by molar-refractivity contribution is 14.0. The second-order valence-corrected chi connectivity index (χ2v) is 9.51. The minimum Gasteiger partial charge on any atom is -0.490 e. The summed E-state index contributed by atoms with van der Waals surface area (Å²) < 4.78 is 30.9. The molecule has 1 aliphatic heterocycles. The van der Waals surface area contributed by atoms with E-state index in [1.54, 1.807) is 11.4 Å². The molecule has 2 unspecified atom stereocenters. The molecule has 0 aliphatic carbocycles. The average Bonchev–Trinajstić information content (AvgIpc) is 3.12. The second kappa shape index (κ2) is 11.9. The lowest BCUT2D eigenvalue weighted by Gasteiger charge is -2.19. The lowest BCUT2D eigenvalue weighted by Crippen LogP contribution is -2.40. The summed E-state index contributed by atoms with van der Waals surface area (Å²) in [6, 6.07) is 6.22. The van der Waals surface area contributed by atoms with Crippen molar-refractivity contribution < 1.29 is 13.2 Å². The van der Waals surface area contributed by atoms with Crippen LogP contribution in [0, 0.1) is 12.8 Å². The smallest absolute Gasteiger partial charge is 0.211 e. The lowest BCUT2D eigenvalue weighted by molar-refractivity contribution is 0.215. The van der Waals surface area contributed by atoms with Crippen molar-refractivity contribution in [2.24, 2.45) is 10.9 Å². The summed E-state index contributed by atoms with van der Waals surface area (Å²) in [6.07, 6.45) is 3.25. The Bertz CT molecular complexity index is 786. The zero-order valence-electron chi connectivity index (χ0n) is 18.1. The monoisotopic (exact) mass is 538 g/mol. The molecule has 1 aromatic carbocycles. The molecule has 9 heteroatoms. The number of nitrogens with one attached hydrogen (secondary N) is 2. The molecular formula is C20H35IN4O3S. The molecule has 1 saturated heterocycles. The minimum atomic E-state index is -3.10. The van der Waals surface area contributed by atoms with E-state index in [0.717, 1.165) is 24.2 Å². The minimum absolute atomic E-state index is 0. The van der Waals surface area contributed by atoms with E-state index in [1.807, 2.05) is 0 Å². The SMILES string of the molecule is CCC(C)Oc1cc(C)ccc1CNC(=NC)NCC1CCN(S(C)(=O)=O)C1.I. The highest BCUT2D eigenvalue weighted by Gasteiger charge is 2.28. The summed E-state index contributed by atoms with van der Waals surface area (Å²) in [5.74, 6) is 1.89. The molecule has 1 fully saturated rings. The molecule has 0 radical (unpaired) electrons. The van der Waals surface area contributed by atoms with E-state index in [-0.39, 0.29) is 36.0 Å². The van der Waals surface area contributed by atoms with E-state index in [4.69, 9.17) is 4.74 Å². The summed E-state index contributed by atoms with van der Waals surface area (Å²) in [5, 5.41) is 6.64. The zero-order chi connectivity index (χ0) is 20.7. The normalized spacial score (nSPS) is 18.8. The van der Waals surface area contributed by atoms with E-state index in [9.17, 15) is 8.42 Å². The molecule has 1 aliphatic rings. The van der Waals surface area contributed by atoms with E-state index in [2.05, 4.69) is 54.6 Å². The quantitative estimate of drug-likeness (QED) is 0.302. The molecular weight excluding hydrogens is 503 g/mol. The van der Waals surface area contributed by atoms with Gasteiger partial charge in [-0.15, -0.1) is 24.0 Å². The fourth-order valence-corrected chi connectivity index (χ4v) is 4.04. The summed E-state index contributed by atoms with van der Waals surface area (Å²) in [5.41, 5.74) is 2.25. The van der Waals surface area contributed by atoms with Gasteiger partial charge < -0.3 is 15.4 Å². The summed E-state index contributed by atoms with van der Waals surface area (Å²) in [6.45, 7) is 8.69. The lowest BCUT2D eigenvalue weighted by atomic mass is 10.1. The van der Waals surface area contributed by atoms with Gasteiger partial charge in [-0.1, -0.05) is 19.1 Å². The molecule has 0 aromatic heterocycles. The van der Waals surface area contributed by atoms with Gasteiger partial charge in [-0.2, -0.15) is 0 Å². The van der Waals surface area contributed by atoms with Gasteiger partial charge >= 0.3 is 0 Å². The predicted octanol–water partition coefficient (Wildman–Crippen LogP) is 2.74. The van der Waals surface area contributed by atoms with E-state index in [0.29, 0.717) is 32.1 Å². The van der Waals surface area contributed by atoms with Crippen LogP contribution < -0.4 is 15.4 Å². The van der Waals surface area contributed by atoms with Crippen molar-refractivity contribution >= 4 is 40.0 Å². The van der Waals surface area contributed by atoms with Gasteiger partial charge in [0.25, 0.3) is 0 Å². The molecule has 7 nitrogen and oxygen atoms in total. The third-order valence-electron chi connectivity index (χ3n) is 5.07. The number of benzene rings is 1. The molecule has 0 amide bonds. The van der Waals surface area contributed by atoms with Gasteiger partial charge in [0.1, 0.15) is 5.75 Å². The van der Waals surface area contributed by atoms with Gasteiger partial charge in [-0.3, -0.25) is 4.99 Å². The van der Waals surface area contributed by atoms with Crippen LogP contribution >= 0.6 is 24.0 Å². The Morgan fingerprint density at radius 3 is 2.69 bits per heavy atom. The zero-order valence-corrected chi connectivity index (χ0v) is 21.2. The molecule has 29 heavy (non-hydrogen) atoms. The van der Waals surface area contributed by atoms with Crippen LogP contribution in [0.15, 0.2) is 23.2 Å². The third-order valence-corrected chi connectivity index (χ3v) is 6.34. The molecule has 2 N–H and O–H groups in total. The maximum Gasteiger partial charge on any atom is 0.211 e. The molecule has 1 heterocycles. The van der Waals surface area contributed by atoms with Gasteiger partial charge in [0, 0.05) is 38.8 Å². The fraction of sp³-hybridized carbons (Fsp3) is 0.650. The predicted molar refractivity (Wildman–Crippen MR) is 130 cm³/mol. The molecule has 2 atom stereocenters. The number of aliphatic imine (C=N–C) groups is 1. The first-order valence-corrected chi connectivity index (χ1v) is 11.7.